The second kappa shape index (κ2) is 5.41. The largest absolute Gasteiger partial charge is 0.351 e. The van der Waals surface area contributed by atoms with Crippen molar-refractivity contribution in [2.24, 2.45) is 0 Å². The molecule has 0 heterocycles. The second-order valence-electron chi connectivity index (χ2n) is 2.92. The summed E-state index contributed by atoms with van der Waals surface area (Å²) in [5.41, 5.74) is 1.49. The SMILES string of the molecule is N#CCC(=O)NCc1ccc(C#N)cc1. The molecule has 1 aromatic rings. The van der Waals surface area contributed by atoms with Crippen LogP contribution < -0.4 is 5.32 Å². The third kappa shape index (κ3) is 3.50. The molecule has 0 unspecified atom stereocenters. The van der Waals surface area contributed by atoms with Crippen molar-refractivity contribution < 1.29 is 4.79 Å². The normalized spacial score (nSPS) is 8.67. The molecule has 1 aromatic carbocycles. The number of amides is 1. The van der Waals surface area contributed by atoms with Gasteiger partial charge in [0, 0.05) is 6.54 Å². The number of nitriles is 2. The van der Waals surface area contributed by atoms with Crippen molar-refractivity contribution >= 4 is 5.91 Å². The highest BCUT2D eigenvalue weighted by Crippen LogP contribution is 2.02. The Morgan fingerprint density at radius 2 is 1.93 bits per heavy atom. The summed E-state index contributed by atoms with van der Waals surface area (Å²) in [5.74, 6) is -0.290. The quantitative estimate of drug-likeness (QED) is 0.791. The first-order valence-corrected chi connectivity index (χ1v) is 4.39. The van der Waals surface area contributed by atoms with Gasteiger partial charge in [-0.25, -0.2) is 0 Å². The molecule has 0 bridgehead atoms. The highest BCUT2D eigenvalue weighted by Gasteiger charge is 1.99. The standard InChI is InChI=1S/C11H9N3O/c12-6-5-11(15)14-8-10-3-1-9(7-13)2-4-10/h1-4H,5,8H2,(H,14,15). The number of nitrogens with one attached hydrogen (secondary N) is 1. The van der Waals surface area contributed by atoms with Gasteiger partial charge in [-0.05, 0) is 17.7 Å². The van der Waals surface area contributed by atoms with Gasteiger partial charge in [-0.15, -0.1) is 0 Å². The fraction of sp³-hybridized carbons (Fsp3) is 0.182. The molecule has 0 saturated carbocycles. The van der Waals surface area contributed by atoms with E-state index in [1.807, 2.05) is 6.07 Å². The maximum atomic E-state index is 11.0. The molecule has 1 N–H and O–H groups in total. The number of carbonyl (C=O) groups is 1. The summed E-state index contributed by atoms with van der Waals surface area (Å²) in [6.07, 6.45) is -0.129. The molecular formula is C11H9N3O. The molecule has 0 saturated heterocycles. The van der Waals surface area contributed by atoms with Crippen LogP contribution in [-0.4, -0.2) is 5.91 Å². The van der Waals surface area contributed by atoms with E-state index in [0.29, 0.717) is 12.1 Å². The van der Waals surface area contributed by atoms with Gasteiger partial charge in [0.2, 0.25) is 5.91 Å². The summed E-state index contributed by atoms with van der Waals surface area (Å²) in [7, 11) is 0. The van der Waals surface area contributed by atoms with Gasteiger partial charge in [-0.1, -0.05) is 12.1 Å². The van der Waals surface area contributed by atoms with Crippen LogP contribution >= 0.6 is 0 Å². The smallest absolute Gasteiger partial charge is 0.234 e. The Bertz CT molecular complexity index is 423. The van der Waals surface area contributed by atoms with Crippen molar-refractivity contribution in [3.8, 4) is 12.1 Å². The predicted octanol–water partition coefficient (Wildman–Crippen LogP) is 1.09. The maximum absolute atomic E-state index is 11.0. The summed E-state index contributed by atoms with van der Waals surface area (Å²) in [5, 5.41) is 19.4. The molecule has 4 nitrogen and oxygen atoms in total. The molecule has 1 rings (SSSR count). The van der Waals surface area contributed by atoms with Crippen LogP contribution in [0.1, 0.15) is 17.5 Å². The molecule has 0 atom stereocenters. The molecule has 15 heavy (non-hydrogen) atoms. The highest BCUT2D eigenvalue weighted by atomic mass is 16.1. The zero-order valence-electron chi connectivity index (χ0n) is 8.03. The summed E-state index contributed by atoms with van der Waals surface area (Å²) >= 11 is 0. The van der Waals surface area contributed by atoms with Crippen molar-refractivity contribution in [1.82, 2.24) is 5.32 Å². The van der Waals surface area contributed by atoms with Crippen LogP contribution in [0.2, 0.25) is 0 Å². The average Bonchev–Trinajstić information content (AvgIpc) is 2.27. The fourth-order valence-electron chi connectivity index (χ4n) is 1.03. The van der Waals surface area contributed by atoms with Crippen LogP contribution in [-0.2, 0) is 11.3 Å². The number of hydrogen-bond donors (Lipinski definition) is 1. The minimum atomic E-state index is -0.290. The van der Waals surface area contributed by atoms with Gasteiger partial charge in [0.25, 0.3) is 0 Å². The highest BCUT2D eigenvalue weighted by molar-refractivity contribution is 5.77. The van der Waals surface area contributed by atoms with Crippen LogP contribution in [0.3, 0.4) is 0 Å². The first-order chi connectivity index (χ1) is 7.26. The molecule has 0 fully saturated rings. The predicted molar refractivity (Wildman–Crippen MR) is 53.2 cm³/mol. The van der Waals surface area contributed by atoms with Gasteiger partial charge >= 0.3 is 0 Å². The topological polar surface area (TPSA) is 76.7 Å². The van der Waals surface area contributed by atoms with Gasteiger partial charge in [-0.3, -0.25) is 4.79 Å². The number of nitrogens with zero attached hydrogens (tertiary/aromatic N) is 2. The Labute approximate surface area is 87.8 Å². The van der Waals surface area contributed by atoms with Gasteiger partial charge in [0.05, 0.1) is 17.7 Å². The van der Waals surface area contributed by atoms with Crippen molar-refractivity contribution in [1.29, 1.82) is 10.5 Å². The lowest BCUT2D eigenvalue weighted by Gasteiger charge is -2.02. The van der Waals surface area contributed by atoms with Crippen molar-refractivity contribution in [2.45, 2.75) is 13.0 Å². The Morgan fingerprint density at radius 3 is 2.47 bits per heavy atom. The molecule has 0 aliphatic carbocycles. The maximum Gasteiger partial charge on any atom is 0.234 e. The van der Waals surface area contributed by atoms with Crippen LogP contribution in [0, 0.1) is 22.7 Å². The number of hydrogen-bond acceptors (Lipinski definition) is 3. The lowest BCUT2D eigenvalue weighted by atomic mass is 10.1. The first-order valence-electron chi connectivity index (χ1n) is 4.39. The Morgan fingerprint density at radius 1 is 1.27 bits per heavy atom. The zero-order valence-corrected chi connectivity index (χ0v) is 8.03. The fourth-order valence-corrected chi connectivity index (χ4v) is 1.03. The third-order valence-electron chi connectivity index (χ3n) is 1.81. The van der Waals surface area contributed by atoms with E-state index in [-0.39, 0.29) is 12.3 Å². The molecular weight excluding hydrogens is 190 g/mol. The molecule has 0 aliphatic heterocycles. The summed E-state index contributed by atoms with van der Waals surface area (Å²) in [6.45, 7) is 0.381. The van der Waals surface area contributed by atoms with Gasteiger partial charge in [0.1, 0.15) is 6.42 Å². The van der Waals surface area contributed by atoms with Crippen LogP contribution in [0.25, 0.3) is 0 Å². The van der Waals surface area contributed by atoms with Crippen LogP contribution in [0.5, 0.6) is 0 Å². The molecule has 74 valence electrons. The van der Waals surface area contributed by atoms with E-state index in [2.05, 4.69) is 5.32 Å². The summed E-state index contributed by atoms with van der Waals surface area (Å²) < 4.78 is 0. The van der Waals surface area contributed by atoms with Crippen molar-refractivity contribution in [3.63, 3.8) is 0 Å². The zero-order chi connectivity index (χ0) is 11.1. The minimum Gasteiger partial charge on any atom is -0.351 e. The summed E-state index contributed by atoms with van der Waals surface area (Å²) in [6, 6.07) is 10.7. The second-order valence-corrected chi connectivity index (χ2v) is 2.92. The third-order valence-corrected chi connectivity index (χ3v) is 1.81. The van der Waals surface area contributed by atoms with Crippen LogP contribution in [0.15, 0.2) is 24.3 Å². The van der Waals surface area contributed by atoms with Crippen LogP contribution in [0.4, 0.5) is 0 Å². The monoisotopic (exact) mass is 199 g/mol. The summed E-state index contributed by atoms with van der Waals surface area (Å²) in [4.78, 5) is 11.0. The molecule has 0 spiro atoms. The molecule has 0 aromatic heterocycles. The van der Waals surface area contributed by atoms with Crippen molar-refractivity contribution in [3.05, 3.63) is 35.4 Å². The molecule has 0 radical (unpaired) electrons. The van der Waals surface area contributed by atoms with Gasteiger partial charge in [0.15, 0.2) is 0 Å². The average molecular weight is 199 g/mol. The Balaban J connectivity index is 2.49. The molecule has 4 heteroatoms. The molecule has 1 amide bonds. The van der Waals surface area contributed by atoms with E-state index in [4.69, 9.17) is 10.5 Å². The Hall–Kier alpha value is -2.33. The van der Waals surface area contributed by atoms with E-state index in [0.717, 1.165) is 5.56 Å². The lowest BCUT2D eigenvalue weighted by molar-refractivity contribution is -0.120. The van der Waals surface area contributed by atoms with E-state index in [9.17, 15) is 4.79 Å². The van der Waals surface area contributed by atoms with E-state index < -0.39 is 0 Å². The Kier molecular flexibility index (Phi) is 3.88. The first kappa shape index (κ1) is 10.7. The molecule has 0 aliphatic rings. The van der Waals surface area contributed by atoms with E-state index in [1.165, 1.54) is 0 Å². The van der Waals surface area contributed by atoms with E-state index in [1.54, 1.807) is 30.3 Å². The van der Waals surface area contributed by atoms with Crippen molar-refractivity contribution in [2.75, 3.05) is 0 Å². The van der Waals surface area contributed by atoms with Gasteiger partial charge in [-0.2, -0.15) is 10.5 Å². The van der Waals surface area contributed by atoms with Gasteiger partial charge < -0.3 is 5.32 Å². The number of rotatable bonds is 3. The lowest BCUT2D eigenvalue weighted by Crippen LogP contribution is -2.21. The van der Waals surface area contributed by atoms with E-state index >= 15 is 0 Å². The number of carbonyl (C=O) groups excluding carboxylic acids is 1. The minimum absolute atomic E-state index is 0.129. The number of benzene rings is 1.